The number of fused-ring (bicyclic) bond motifs is 2. The van der Waals surface area contributed by atoms with Crippen LogP contribution in [-0.2, 0) is 6.54 Å². The Morgan fingerprint density at radius 1 is 1.43 bits per heavy atom. The molecule has 28 heavy (non-hydrogen) atoms. The molecular formula is C21H24FN3O2S. The fourth-order valence-corrected chi connectivity index (χ4v) is 4.70. The molecule has 0 unspecified atom stereocenters. The van der Waals surface area contributed by atoms with E-state index in [-0.39, 0.29) is 17.8 Å². The fraction of sp³-hybridized carbons (Fsp3) is 0.429. The highest BCUT2D eigenvalue weighted by Gasteiger charge is 2.24. The van der Waals surface area contributed by atoms with Gasteiger partial charge in [0.15, 0.2) is 0 Å². The number of thiophene rings is 1. The first kappa shape index (κ1) is 18.9. The molecule has 1 atom stereocenters. The Hall–Kier alpha value is -2.41. The number of hydrogen-bond acceptors (Lipinski definition) is 4. The molecule has 0 spiro atoms. The number of carbonyl (C=O) groups excluding carboxylic acids is 1. The van der Waals surface area contributed by atoms with E-state index in [1.807, 2.05) is 17.7 Å². The molecule has 1 aromatic carbocycles. The third kappa shape index (κ3) is 3.63. The van der Waals surface area contributed by atoms with Crippen LogP contribution < -0.4 is 10.1 Å². The summed E-state index contributed by atoms with van der Waals surface area (Å²) in [6, 6.07) is 6.13. The molecule has 3 aromatic rings. The number of ether oxygens (including phenoxy) is 1. The van der Waals surface area contributed by atoms with E-state index in [4.69, 9.17) is 4.74 Å². The van der Waals surface area contributed by atoms with Crippen LogP contribution >= 0.6 is 11.3 Å². The molecule has 5 nitrogen and oxygen atoms in total. The number of aromatic nitrogens is 2. The van der Waals surface area contributed by atoms with E-state index in [9.17, 15) is 9.18 Å². The van der Waals surface area contributed by atoms with Crippen LogP contribution in [0.25, 0.3) is 10.2 Å². The Balaban J connectivity index is 1.61. The molecule has 1 amide bonds. The van der Waals surface area contributed by atoms with Gasteiger partial charge >= 0.3 is 0 Å². The Kier molecular flexibility index (Phi) is 5.10. The maximum Gasteiger partial charge on any atom is 0.261 e. The second-order valence-corrected chi connectivity index (χ2v) is 8.72. The number of amides is 1. The summed E-state index contributed by atoms with van der Waals surface area (Å²) < 4.78 is 21.5. The highest BCUT2D eigenvalue weighted by molar-refractivity contribution is 7.20. The predicted octanol–water partition coefficient (Wildman–Crippen LogP) is 4.85. The number of nitrogens with one attached hydrogen (secondary N) is 1. The van der Waals surface area contributed by atoms with E-state index < -0.39 is 0 Å². The second-order valence-electron chi connectivity index (χ2n) is 7.69. The number of aryl methyl sites for hydroxylation is 1. The average molecular weight is 402 g/mol. The molecule has 3 heterocycles. The first-order chi connectivity index (χ1) is 13.4. The van der Waals surface area contributed by atoms with Gasteiger partial charge in [0.1, 0.15) is 16.4 Å². The van der Waals surface area contributed by atoms with Crippen molar-refractivity contribution >= 4 is 27.5 Å². The molecule has 7 heteroatoms. The van der Waals surface area contributed by atoms with Gasteiger partial charge in [0.05, 0.1) is 23.2 Å². The smallest absolute Gasteiger partial charge is 0.261 e. The lowest BCUT2D eigenvalue weighted by Gasteiger charge is -2.18. The summed E-state index contributed by atoms with van der Waals surface area (Å²) in [6.07, 6.45) is 1.52. The minimum Gasteiger partial charge on any atom is -0.493 e. The first-order valence-corrected chi connectivity index (χ1v) is 10.4. The summed E-state index contributed by atoms with van der Waals surface area (Å²) in [7, 11) is 0. The molecular weight excluding hydrogens is 377 g/mol. The number of nitrogens with zero attached hydrogens (tertiary/aromatic N) is 2. The van der Waals surface area contributed by atoms with Crippen LogP contribution in [0.2, 0.25) is 0 Å². The average Bonchev–Trinajstić information content (AvgIpc) is 3.13. The maximum atomic E-state index is 13.8. The van der Waals surface area contributed by atoms with E-state index in [0.717, 1.165) is 28.9 Å². The lowest BCUT2D eigenvalue weighted by Crippen LogP contribution is -2.27. The van der Waals surface area contributed by atoms with Gasteiger partial charge in [-0.1, -0.05) is 13.8 Å². The van der Waals surface area contributed by atoms with Crippen molar-refractivity contribution in [1.29, 1.82) is 0 Å². The van der Waals surface area contributed by atoms with Crippen molar-refractivity contribution < 1.29 is 13.9 Å². The van der Waals surface area contributed by atoms with Gasteiger partial charge in [-0.15, -0.1) is 11.3 Å². The molecule has 0 fully saturated rings. The summed E-state index contributed by atoms with van der Waals surface area (Å²) in [5.74, 6) is 0.650. The van der Waals surface area contributed by atoms with Crippen LogP contribution in [0.5, 0.6) is 5.75 Å². The summed E-state index contributed by atoms with van der Waals surface area (Å²) in [4.78, 5) is 14.6. The Morgan fingerprint density at radius 2 is 2.25 bits per heavy atom. The lowest BCUT2D eigenvalue weighted by molar-refractivity contribution is 0.0939. The van der Waals surface area contributed by atoms with Crippen LogP contribution in [0.15, 0.2) is 24.3 Å². The van der Waals surface area contributed by atoms with Crippen LogP contribution in [-0.4, -0.2) is 22.3 Å². The molecule has 2 aromatic heterocycles. The molecule has 4 rings (SSSR count). The maximum absolute atomic E-state index is 13.8. The van der Waals surface area contributed by atoms with Crippen molar-refractivity contribution in [3.05, 3.63) is 46.2 Å². The minimum atomic E-state index is -0.324. The topological polar surface area (TPSA) is 56.2 Å². The minimum absolute atomic E-state index is 0.140. The molecule has 0 saturated carbocycles. The Morgan fingerprint density at radius 3 is 3.04 bits per heavy atom. The molecule has 0 radical (unpaired) electrons. The van der Waals surface area contributed by atoms with Gasteiger partial charge in [-0.05, 0) is 49.9 Å². The number of halogens is 1. The van der Waals surface area contributed by atoms with E-state index in [1.54, 1.807) is 6.07 Å². The van der Waals surface area contributed by atoms with Crippen LogP contribution in [0.4, 0.5) is 4.39 Å². The first-order valence-electron chi connectivity index (χ1n) is 9.62. The molecule has 1 N–H and O–H groups in total. The van der Waals surface area contributed by atoms with Gasteiger partial charge in [0.25, 0.3) is 5.91 Å². The van der Waals surface area contributed by atoms with Crippen molar-refractivity contribution in [2.24, 2.45) is 5.92 Å². The number of rotatable bonds is 4. The standard InChI is InChI=1S/C21H24FN3O2S/c1-12(2)11-25-21-15(13(3)24-25)10-19(28-21)20(26)23-17-5-4-8-27-18-7-6-14(22)9-16(17)18/h6-7,9-10,12,17H,4-5,8,11H2,1-3H3,(H,23,26)/t17-/m1/s1. The van der Waals surface area contributed by atoms with Crippen molar-refractivity contribution in [1.82, 2.24) is 15.1 Å². The predicted molar refractivity (Wildman–Crippen MR) is 109 cm³/mol. The second kappa shape index (κ2) is 7.54. The normalized spacial score (nSPS) is 16.7. The van der Waals surface area contributed by atoms with Gasteiger partial charge in [-0.3, -0.25) is 9.48 Å². The molecule has 1 aliphatic rings. The zero-order valence-electron chi connectivity index (χ0n) is 16.3. The molecule has 1 aliphatic heterocycles. The van der Waals surface area contributed by atoms with Gasteiger partial charge in [-0.2, -0.15) is 5.10 Å². The fourth-order valence-electron chi connectivity index (χ4n) is 3.62. The van der Waals surface area contributed by atoms with Gasteiger partial charge in [-0.25, -0.2) is 4.39 Å². The number of hydrogen-bond donors (Lipinski definition) is 1. The van der Waals surface area contributed by atoms with E-state index in [2.05, 4.69) is 24.3 Å². The van der Waals surface area contributed by atoms with Crippen LogP contribution in [0, 0.1) is 18.7 Å². The highest BCUT2D eigenvalue weighted by Crippen LogP contribution is 2.33. The van der Waals surface area contributed by atoms with Crippen molar-refractivity contribution in [2.75, 3.05) is 6.61 Å². The molecule has 148 valence electrons. The van der Waals surface area contributed by atoms with Crippen LogP contribution in [0.3, 0.4) is 0 Å². The number of carbonyl (C=O) groups is 1. The van der Waals surface area contributed by atoms with Crippen LogP contribution in [0.1, 0.15) is 53.7 Å². The van der Waals surface area contributed by atoms with Crippen molar-refractivity contribution in [3.8, 4) is 5.75 Å². The van der Waals surface area contributed by atoms with Gasteiger partial charge in [0, 0.05) is 17.5 Å². The molecule has 0 bridgehead atoms. The molecule has 0 aliphatic carbocycles. The van der Waals surface area contributed by atoms with E-state index >= 15 is 0 Å². The highest BCUT2D eigenvalue weighted by atomic mass is 32.1. The number of benzene rings is 1. The Labute approximate surface area is 167 Å². The summed E-state index contributed by atoms with van der Waals surface area (Å²) in [6.45, 7) is 7.65. The zero-order chi connectivity index (χ0) is 19.8. The monoisotopic (exact) mass is 401 g/mol. The van der Waals surface area contributed by atoms with E-state index in [1.165, 1.54) is 23.5 Å². The van der Waals surface area contributed by atoms with Gasteiger partial charge < -0.3 is 10.1 Å². The third-order valence-electron chi connectivity index (χ3n) is 4.92. The van der Waals surface area contributed by atoms with Crippen molar-refractivity contribution in [3.63, 3.8) is 0 Å². The largest absolute Gasteiger partial charge is 0.493 e. The summed E-state index contributed by atoms with van der Waals surface area (Å²) in [5, 5.41) is 8.70. The summed E-state index contributed by atoms with van der Waals surface area (Å²) in [5.41, 5.74) is 1.63. The van der Waals surface area contributed by atoms with Gasteiger partial charge in [0.2, 0.25) is 0 Å². The van der Waals surface area contributed by atoms with Crippen molar-refractivity contribution in [2.45, 2.75) is 46.2 Å². The molecule has 0 saturated heterocycles. The SMILES string of the molecule is Cc1nn(CC(C)C)c2sc(C(=O)N[C@@H]3CCCOc4ccc(F)cc43)cc12. The lowest BCUT2D eigenvalue weighted by atomic mass is 10.0. The Bertz CT molecular complexity index is 1020. The third-order valence-corrected chi connectivity index (χ3v) is 6.06. The quantitative estimate of drug-likeness (QED) is 0.680. The summed E-state index contributed by atoms with van der Waals surface area (Å²) >= 11 is 1.46. The van der Waals surface area contributed by atoms with E-state index in [0.29, 0.717) is 35.1 Å². The zero-order valence-corrected chi connectivity index (χ0v) is 17.1.